The normalized spacial score (nSPS) is 22.1. The third-order valence-electron chi connectivity index (χ3n) is 3.69. The lowest BCUT2D eigenvalue weighted by Gasteiger charge is -2.26. The summed E-state index contributed by atoms with van der Waals surface area (Å²) in [6, 6.07) is 9.86. The van der Waals surface area contributed by atoms with Gasteiger partial charge in [0.05, 0.1) is 12.1 Å². The molecule has 20 heavy (non-hydrogen) atoms. The number of carbonyl (C=O) groups is 1. The van der Waals surface area contributed by atoms with Crippen molar-refractivity contribution in [3.63, 3.8) is 0 Å². The first-order valence-electron chi connectivity index (χ1n) is 6.73. The summed E-state index contributed by atoms with van der Waals surface area (Å²) in [6.45, 7) is 5.31. The summed E-state index contributed by atoms with van der Waals surface area (Å²) in [6.07, 6.45) is -0.0657. The first kappa shape index (κ1) is 17.0. The van der Waals surface area contributed by atoms with Crippen LogP contribution in [0.3, 0.4) is 0 Å². The third-order valence-corrected chi connectivity index (χ3v) is 3.69. The fourth-order valence-corrected chi connectivity index (χ4v) is 2.46. The highest BCUT2D eigenvalue weighted by Crippen LogP contribution is 2.26. The highest BCUT2D eigenvalue weighted by molar-refractivity contribution is 5.85. The molecule has 3 N–H and O–H groups in total. The van der Waals surface area contributed by atoms with Gasteiger partial charge in [-0.1, -0.05) is 44.2 Å². The van der Waals surface area contributed by atoms with Gasteiger partial charge < -0.3 is 15.7 Å². The minimum Gasteiger partial charge on any atom is -0.390 e. The minimum absolute atomic E-state index is 0. The van der Waals surface area contributed by atoms with Crippen LogP contribution in [0.5, 0.6) is 0 Å². The number of rotatable bonds is 4. The number of nitrogens with one attached hydrogen (secondary N) is 2. The SMILES string of the molecule is CC(C)(CC(=O)N[C@@H]1CNC[C@H]1O)c1ccccc1.Cl. The van der Waals surface area contributed by atoms with Gasteiger partial charge in [-0.25, -0.2) is 0 Å². The van der Waals surface area contributed by atoms with Crippen molar-refractivity contribution in [2.45, 2.75) is 37.8 Å². The van der Waals surface area contributed by atoms with Gasteiger partial charge in [0.25, 0.3) is 0 Å². The Kier molecular flexibility index (Phi) is 5.99. The van der Waals surface area contributed by atoms with E-state index in [1.54, 1.807) is 0 Å². The molecule has 1 fully saturated rings. The van der Waals surface area contributed by atoms with Gasteiger partial charge in [0.15, 0.2) is 0 Å². The van der Waals surface area contributed by atoms with E-state index in [1.807, 2.05) is 30.3 Å². The molecular formula is C15H23ClN2O2. The molecule has 0 unspecified atom stereocenters. The van der Waals surface area contributed by atoms with Gasteiger partial charge in [-0.2, -0.15) is 0 Å². The number of aliphatic hydroxyl groups is 1. The summed E-state index contributed by atoms with van der Waals surface area (Å²) < 4.78 is 0. The lowest BCUT2D eigenvalue weighted by atomic mass is 9.81. The Morgan fingerprint density at radius 1 is 1.35 bits per heavy atom. The number of aliphatic hydroxyl groups excluding tert-OH is 1. The zero-order chi connectivity index (χ0) is 13.9. The molecule has 1 aromatic rings. The van der Waals surface area contributed by atoms with Crippen LogP contribution < -0.4 is 10.6 Å². The van der Waals surface area contributed by atoms with E-state index in [4.69, 9.17) is 0 Å². The number of β-amino-alcohol motifs (C(OH)–C–C–N with tert-alkyl or cyclic N) is 1. The average Bonchev–Trinajstić information content (AvgIpc) is 2.75. The van der Waals surface area contributed by atoms with E-state index in [0.29, 0.717) is 19.5 Å². The second-order valence-electron chi connectivity index (χ2n) is 5.83. The summed E-state index contributed by atoms with van der Waals surface area (Å²) >= 11 is 0. The van der Waals surface area contributed by atoms with Crippen molar-refractivity contribution in [3.8, 4) is 0 Å². The summed E-state index contributed by atoms with van der Waals surface area (Å²) in [5.41, 5.74) is 0.942. The molecular weight excluding hydrogens is 276 g/mol. The summed E-state index contributed by atoms with van der Waals surface area (Å²) in [4.78, 5) is 12.1. The van der Waals surface area contributed by atoms with Crippen LogP contribution in [0.2, 0.25) is 0 Å². The summed E-state index contributed by atoms with van der Waals surface area (Å²) in [7, 11) is 0. The first-order valence-corrected chi connectivity index (χ1v) is 6.73. The van der Waals surface area contributed by atoms with E-state index in [9.17, 15) is 9.90 Å². The molecule has 1 aromatic carbocycles. The predicted molar refractivity (Wildman–Crippen MR) is 82.1 cm³/mol. The molecule has 1 aliphatic heterocycles. The standard InChI is InChI=1S/C15H22N2O2.ClH/c1-15(2,11-6-4-3-5-7-11)8-14(19)17-12-9-16-10-13(12)18;/h3-7,12-13,16,18H,8-10H2,1-2H3,(H,17,19);1H/t12-,13-;/m1./s1. The molecule has 0 aromatic heterocycles. The van der Waals surface area contributed by atoms with Crippen LogP contribution in [0.25, 0.3) is 0 Å². The van der Waals surface area contributed by atoms with Gasteiger partial charge >= 0.3 is 0 Å². The second-order valence-corrected chi connectivity index (χ2v) is 5.83. The van der Waals surface area contributed by atoms with Crippen molar-refractivity contribution >= 4 is 18.3 Å². The molecule has 0 aliphatic carbocycles. The van der Waals surface area contributed by atoms with Gasteiger partial charge in [-0.3, -0.25) is 4.79 Å². The Morgan fingerprint density at radius 2 is 2.00 bits per heavy atom. The number of halogens is 1. The van der Waals surface area contributed by atoms with Crippen LogP contribution in [-0.2, 0) is 10.2 Å². The summed E-state index contributed by atoms with van der Waals surface area (Å²) in [5, 5.41) is 15.6. The number of carbonyl (C=O) groups excluding carboxylic acids is 1. The smallest absolute Gasteiger partial charge is 0.221 e. The Bertz CT molecular complexity index is 437. The monoisotopic (exact) mass is 298 g/mol. The molecule has 0 radical (unpaired) electrons. The van der Waals surface area contributed by atoms with Crippen molar-refractivity contribution in [1.82, 2.24) is 10.6 Å². The largest absolute Gasteiger partial charge is 0.390 e. The van der Waals surface area contributed by atoms with Gasteiger partial charge in [-0.15, -0.1) is 12.4 Å². The van der Waals surface area contributed by atoms with Crippen LogP contribution >= 0.6 is 12.4 Å². The van der Waals surface area contributed by atoms with Crippen molar-refractivity contribution < 1.29 is 9.90 Å². The number of hydrogen-bond donors (Lipinski definition) is 3. The zero-order valence-corrected chi connectivity index (χ0v) is 12.7. The van der Waals surface area contributed by atoms with Gasteiger partial charge in [0, 0.05) is 19.5 Å². The van der Waals surface area contributed by atoms with E-state index in [-0.39, 0.29) is 29.8 Å². The highest BCUT2D eigenvalue weighted by Gasteiger charge is 2.29. The molecule has 2 atom stereocenters. The molecule has 0 spiro atoms. The zero-order valence-electron chi connectivity index (χ0n) is 11.9. The topological polar surface area (TPSA) is 61.4 Å². The number of amides is 1. The van der Waals surface area contributed by atoms with Crippen molar-refractivity contribution in [3.05, 3.63) is 35.9 Å². The third kappa shape index (κ3) is 4.20. The van der Waals surface area contributed by atoms with Crippen molar-refractivity contribution in [1.29, 1.82) is 0 Å². The second kappa shape index (κ2) is 7.07. The van der Waals surface area contributed by atoms with Crippen molar-refractivity contribution in [2.24, 2.45) is 0 Å². The summed E-state index contributed by atoms with van der Waals surface area (Å²) in [5.74, 6) is -0.0124. The molecule has 4 nitrogen and oxygen atoms in total. The number of benzene rings is 1. The minimum atomic E-state index is -0.483. The molecule has 112 valence electrons. The van der Waals surface area contributed by atoms with E-state index in [0.717, 1.165) is 5.56 Å². The van der Waals surface area contributed by atoms with Crippen LogP contribution in [-0.4, -0.2) is 36.2 Å². The Hall–Kier alpha value is -1.10. The Labute approximate surface area is 126 Å². The van der Waals surface area contributed by atoms with Crippen LogP contribution in [0.15, 0.2) is 30.3 Å². The molecule has 0 saturated carbocycles. The van der Waals surface area contributed by atoms with Crippen LogP contribution in [0.1, 0.15) is 25.8 Å². The van der Waals surface area contributed by atoms with Crippen LogP contribution in [0.4, 0.5) is 0 Å². The first-order chi connectivity index (χ1) is 8.99. The molecule has 1 amide bonds. The molecule has 1 heterocycles. The van der Waals surface area contributed by atoms with E-state index < -0.39 is 6.10 Å². The molecule has 1 aliphatic rings. The molecule has 0 bridgehead atoms. The van der Waals surface area contributed by atoms with E-state index in [2.05, 4.69) is 24.5 Å². The maximum atomic E-state index is 12.1. The lowest BCUT2D eigenvalue weighted by molar-refractivity contribution is -0.123. The van der Waals surface area contributed by atoms with E-state index in [1.165, 1.54) is 0 Å². The maximum absolute atomic E-state index is 12.1. The van der Waals surface area contributed by atoms with Gasteiger partial charge in [0.1, 0.15) is 0 Å². The fourth-order valence-electron chi connectivity index (χ4n) is 2.46. The highest BCUT2D eigenvalue weighted by atomic mass is 35.5. The molecule has 2 rings (SSSR count). The quantitative estimate of drug-likeness (QED) is 0.783. The average molecular weight is 299 g/mol. The maximum Gasteiger partial charge on any atom is 0.221 e. The molecule has 5 heteroatoms. The van der Waals surface area contributed by atoms with Crippen LogP contribution in [0, 0.1) is 0 Å². The predicted octanol–water partition coefficient (Wildman–Crippen LogP) is 1.23. The van der Waals surface area contributed by atoms with E-state index >= 15 is 0 Å². The van der Waals surface area contributed by atoms with Gasteiger partial charge in [-0.05, 0) is 11.0 Å². The fraction of sp³-hybridized carbons (Fsp3) is 0.533. The van der Waals surface area contributed by atoms with Crippen molar-refractivity contribution in [2.75, 3.05) is 13.1 Å². The molecule has 1 saturated heterocycles. The Morgan fingerprint density at radius 3 is 2.55 bits per heavy atom. The lowest BCUT2D eigenvalue weighted by Crippen LogP contribution is -2.44. The number of hydrogen-bond acceptors (Lipinski definition) is 3. The Balaban J connectivity index is 0.00000200. The van der Waals surface area contributed by atoms with Gasteiger partial charge in [0.2, 0.25) is 5.91 Å².